The fourth-order valence-corrected chi connectivity index (χ4v) is 3.69. The zero-order valence-electron chi connectivity index (χ0n) is 15.5. The summed E-state index contributed by atoms with van der Waals surface area (Å²) >= 11 is 0. The first-order chi connectivity index (χ1) is 13.6. The van der Waals surface area contributed by atoms with Crippen molar-refractivity contribution in [3.63, 3.8) is 0 Å². The van der Waals surface area contributed by atoms with E-state index in [1.165, 1.54) is 11.0 Å². The van der Waals surface area contributed by atoms with Gasteiger partial charge in [0.15, 0.2) is 0 Å². The van der Waals surface area contributed by atoms with E-state index in [1.807, 2.05) is 42.5 Å². The predicted octanol–water partition coefficient (Wildman–Crippen LogP) is 4.13. The van der Waals surface area contributed by atoms with Crippen molar-refractivity contribution in [3.8, 4) is 0 Å². The molecule has 0 atom stereocenters. The van der Waals surface area contributed by atoms with Gasteiger partial charge in [0.05, 0.1) is 12.1 Å². The van der Waals surface area contributed by atoms with Crippen LogP contribution in [-0.2, 0) is 16.0 Å². The summed E-state index contributed by atoms with van der Waals surface area (Å²) in [7, 11) is 0. The van der Waals surface area contributed by atoms with Crippen LogP contribution in [0.5, 0.6) is 0 Å². The second-order valence-corrected chi connectivity index (χ2v) is 6.99. The van der Waals surface area contributed by atoms with Gasteiger partial charge >= 0.3 is 0 Å². The summed E-state index contributed by atoms with van der Waals surface area (Å²) in [4.78, 5) is 28.3. The number of likely N-dealkylation sites (tertiary alicyclic amines) is 1. The van der Waals surface area contributed by atoms with E-state index in [2.05, 4.69) is 0 Å². The van der Waals surface area contributed by atoms with Crippen LogP contribution in [0.3, 0.4) is 0 Å². The van der Waals surface area contributed by atoms with Gasteiger partial charge in [-0.15, -0.1) is 0 Å². The molecule has 4 nitrogen and oxygen atoms in total. The zero-order chi connectivity index (χ0) is 19.5. The van der Waals surface area contributed by atoms with Gasteiger partial charge in [-0.2, -0.15) is 0 Å². The Morgan fingerprint density at radius 3 is 2.54 bits per heavy atom. The van der Waals surface area contributed by atoms with Crippen LogP contribution in [0.4, 0.5) is 10.1 Å². The number of rotatable bonds is 5. The molecule has 0 aromatic heterocycles. The lowest BCUT2D eigenvalue weighted by Crippen LogP contribution is -2.43. The molecule has 1 heterocycles. The molecule has 4 rings (SSSR count). The lowest BCUT2D eigenvalue weighted by atomic mass is 10.0. The van der Waals surface area contributed by atoms with Gasteiger partial charge in [-0.05, 0) is 34.9 Å². The number of benzene rings is 3. The molecule has 0 spiro atoms. The monoisotopic (exact) mass is 376 g/mol. The standard InChI is InChI=1S/C23H21FN2O2/c24-20-11-3-4-12-21(20)26(16-25-14-6-13-22(25)27)23(28)15-18-9-5-8-17-7-1-2-10-19(17)18/h1-5,7-12H,6,13-16H2. The highest BCUT2D eigenvalue weighted by atomic mass is 19.1. The van der Waals surface area contributed by atoms with Crippen molar-refractivity contribution < 1.29 is 14.0 Å². The SMILES string of the molecule is O=C1CCCN1CN(C(=O)Cc1cccc2ccccc12)c1ccccc1F. The normalized spacial score (nSPS) is 13.9. The van der Waals surface area contributed by atoms with Gasteiger partial charge in [0.1, 0.15) is 12.5 Å². The first-order valence-electron chi connectivity index (χ1n) is 9.43. The van der Waals surface area contributed by atoms with Gasteiger partial charge in [-0.1, -0.05) is 54.6 Å². The number of nitrogens with zero attached hydrogens (tertiary/aromatic N) is 2. The lowest BCUT2D eigenvalue weighted by Gasteiger charge is -2.28. The second-order valence-electron chi connectivity index (χ2n) is 6.99. The maximum atomic E-state index is 14.5. The molecule has 1 saturated heterocycles. The number of anilines is 1. The van der Waals surface area contributed by atoms with Crippen LogP contribution in [0.25, 0.3) is 10.8 Å². The van der Waals surface area contributed by atoms with E-state index in [1.54, 1.807) is 23.1 Å². The second kappa shape index (κ2) is 7.80. The molecule has 0 N–H and O–H groups in total. The quantitative estimate of drug-likeness (QED) is 0.672. The maximum absolute atomic E-state index is 14.5. The third kappa shape index (κ3) is 3.60. The van der Waals surface area contributed by atoms with Crippen LogP contribution in [-0.4, -0.2) is 29.9 Å². The summed E-state index contributed by atoms with van der Waals surface area (Å²) in [6.07, 6.45) is 1.38. The van der Waals surface area contributed by atoms with Crippen molar-refractivity contribution in [1.82, 2.24) is 4.90 Å². The molecule has 0 aliphatic carbocycles. The highest BCUT2D eigenvalue weighted by Gasteiger charge is 2.27. The van der Waals surface area contributed by atoms with Crippen LogP contribution in [0.2, 0.25) is 0 Å². The number of carbonyl (C=O) groups excluding carboxylic acids is 2. The van der Waals surface area contributed by atoms with Gasteiger partial charge < -0.3 is 4.90 Å². The first-order valence-corrected chi connectivity index (χ1v) is 9.43. The predicted molar refractivity (Wildman–Crippen MR) is 107 cm³/mol. The topological polar surface area (TPSA) is 40.6 Å². The molecule has 142 valence electrons. The van der Waals surface area contributed by atoms with Crippen LogP contribution < -0.4 is 4.90 Å². The minimum absolute atomic E-state index is 0.000648. The van der Waals surface area contributed by atoms with Gasteiger partial charge in [0, 0.05) is 13.0 Å². The molecule has 1 aliphatic heterocycles. The number of para-hydroxylation sites is 1. The van der Waals surface area contributed by atoms with Gasteiger partial charge in [0.25, 0.3) is 0 Å². The largest absolute Gasteiger partial charge is 0.324 e. The van der Waals surface area contributed by atoms with E-state index in [-0.39, 0.29) is 30.6 Å². The molecule has 3 aromatic rings. The van der Waals surface area contributed by atoms with E-state index < -0.39 is 5.82 Å². The summed E-state index contributed by atoms with van der Waals surface area (Å²) in [6, 6.07) is 19.9. The number of hydrogen-bond donors (Lipinski definition) is 0. The molecule has 0 bridgehead atoms. The van der Waals surface area contributed by atoms with Crippen LogP contribution in [0, 0.1) is 5.82 Å². The molecule has 28 heavy (non-hydrogen) atoms. The third-order valence-electron chi connectivity index (χ3n) is 5.15. The van der Waals surface area contributed by atoms with Crippen molar-refractivity contribution in [1.29, 1.82) is 0 Å². The lowest BCUT2D eigenvalue weighted by molar-refractivity contribution is -0.128. The van der Waals surface area contributed by atoms with Crippen molar-refractivity contribution in [2.24, 2.45) is 0 Å². The Kier molecular flexibility index (Phi) is 5.06. The van der Waals surface area contributed by atoms with Crippen molar-refractivity contribution in [2.45, 2.75) is 19.3 Å². The average Bonchev–Trinajstić information content (AvgIpc) is 3.11. The molecule has 5 heteroatoms. The van der Waals surface area contributed by atoms with E-state index >= 15 is 0 Å². The summed E-state index contributed by atoms with van der Waals surface area (Å²) < 4.78 is 14.5. The van der Waals surface area contributed by atoms with Crippen molar-refractivity contribution in [2.75, 3.05) is 18.1 Å². The van der Waals surface area contributed by atoms with Gasteiger partial charge in [-0.3, -0.25) is 14.5 Å². The summed E-state index contributed by atoms with van der Waals surface area (Å²) in [5.41, 5.74) is 1.09. The minimum Gasteiger partial charge on any atom is -0.324 e. The third-order valence-corrected chi connectivity index (χ3v) is 5.15. The Morgan fingerprint density at radius 2 is 1.75 bits per heavy atom. The summed E-state index contributed by atoms with van der Waals surface area (Å²) in [5.74, 6) is -0.708. The highest BCUT2D eigenvalue weighted by molar-refractivity contribution is 5.98. The molecular weight excluding hydrogens is 355 g/mol. The molecular formula is C23H21FN2O2. The smallest absolute Gasteiger partial charge is 0.233 e. The minimum atomic E-state index is -0.472. The number of hydrogen-bond acceptors (Lipinski definition) is 2. The fourth-order valence-electron chi connectivity index (χ4n) is 3.69. The highest BCUT2D eigenvalue weighted by Crippen LogP contribution is 2.24. The number of carbonyl (C=O) groups is 2. The summed E-state index contributed by atoms with van der Waals surface area (Å²) in [6.45, 7) is 0.661. The van der Waals surface area contributed by atoms with Crippen molar-refractivity contribution in [3.05, 3.63) is 78.1 Å². The molecule has 1 aliphatic rings. The number of halogens is 1. The average molecular weight is 376 g/mol. The fraction of sp³-hybridized carbons (Fsp3) is 0.217. The molecule has 3 aromatic carbocycles. The molecule has 0 unspecified atom stereocenters. The van der Waals surface area contributed by atoms with E-state index in [0.29, 0.717) is 13.0 Å². The Hall–Kier alpha value is -3.21. The van der Waals surface area contributed by atoms with Crippen LogP contribution >= 0.6 is 0 Å². The maximum Gasteiger partial charge on any atom is 0.233 e. The Labute approximate surface area is 163 Å². The number of amides is 2. The summed E-state index contributed by atoms with van der Waals surface area (Å²) in [5, 5.41) is 2.06. The Morgan fingerprint density at radius 1 is 1.00 bits per heavy atom. The first kappa shape index (κ1) is 18.2. The van der Waals surface area contributed by atoms with Crippen molar-refractivity contribution >= 4 is 28.3 Å². The van der Waals surface area contributed by atoms with Gasteiger partial charge in [0.2, 0.25) is 11.8 Å². The van der Waals surface area contributed by atoms with Gasteiger partial charge in [-0.25, -0.2) is 4.39 Å². The molecule has 1 fully saturated rings. The number of fused-ring (bicyclic) bond motifs is 1. The van der Waals surface area contributed by atoms with Crippen LogP contribution in [0.1, 0.15) is 18.4 Å². The molecule has 0 radical (unpaired) electrons. The van der Waals surface area contributed by atoms with E-state index in [9.17, 15) is 14.0 Å². The van der Waals surface area contributed by atoms with Crippen LogP contribution in [0.15, 0.2) is 66.7 Å². The zero-order valence-corrected chi connectivity index (χ0v) is 15.5. The van der Waals surface area contributed by atoms with E-state index in [0.717, 1.165) is 22.8 Å². The Balaban J connectivity index is 1.66. The van der Waals surface area contributed by atoms with E-state index in [4.69, 9.17) is 0 Å². The molecule has 0 saturated carbocycles. The Bertz CT molecular complexity index is 1030. The molecule has 2 amide bonds.